The quantitative estimate of drug-likeness (QED) is 0.547. The SMILES string of the molecule is Cc1cc(C(=O)OCCOCCC(C)C)c(C)n1-c1cccnc1. The molecule has 130 valence electrons. The van der Waals surface area contributed by atoms with Gasteiger partial charge in [0.2, 0.25) is 0 Å². The smallest absolute Gasteiger partial charge is 0.340 e. The molecule has 0 amide bonds. The van der Waals surface area contributed by atoms with Crippen molar-refractivity contribution in [3.05, 3.63) is 47.5 Å². The number of carbonyl (C=O) groups excluding carboxylic acids is 1. The summed E-state index contributed by atoms with van der Waals surface area (Å²) >= 11 is 0. The molecule has 5 nitrogen and oxygen atoms in total. The Morgan fingerprint density at radius 2 is 2.04 bits per heavy atom. The zero-order valence-electron chi connectivity index (χ0n) is 14.9. The van der Waals surface area contributed by atoms with Gasteiger partial charge in [0, 0.05) is 24.2 Å². The third-order valence-electron chi connectivity index (χ3n) is 3.86. The van der Waals surface area contributed by atoms with Gasteiger partial charge in [-0.05, 0) is 44.4 Å². The number of carbonyl (C=O) groups is 1. The molecule has 0 atom stereocenters. The lowest BCUT2D eigenvalue weighted by Crippen LogP contribution is -2.12. The van der Waals surface area contributed by atoms with Crippen LogP contribution in [-0.4, -0.2) is 35.3 Å². The van der Waals surface area contributed by atoms with Gasteiger partial charge in [-0.3, -0.25) is 4.98 Å². The molecule has 0 aromatic carbocycles. The van der Waals surface area contributed by atoms with Crippen LogP contribution in [-0.2, 0) is 9.47 Å². The van der Waals surface area contributed by atoms with Crippen LogP contribution in [0.25, 0.3) is 5.69 Å². The molecule has 0 bridgehead atoms. The van der Waals surface area contributed by atoms with Gasteiger partial charge < -0.3 is 14.0 Å². The molecular weight excluding hydrogens is 304 g/mol. The topological polar surface area (TPSA) is 53.4 Å². The average Bonchev–Trinajstić information content (AvgIpc) is 2.86. The maximum Gasteiger partial charge on any atom is 0.340 e. The molecular formula is C19H26N2O3. The summed E-state index contributed by atoms with van der Waals surface area (Å²) in [5.74, 6) is 0.302. The Kier molecular flexibility index (Phi) is 6.55. The standard InChI is InChI=1S/C19H26N2O3/c1-14(2)7-9-23-10-11-24-19(22)18-12-15(3)21(16(18)4)17-6-5-8-20-13-17/h5-6,8,12-14H,7,9-11H2,1-4H3. The summed E-state index contributed by atoms with van der Waals surface area (Å²) in [6.07, 6.45) is 4.52. The van der Waals surface area contributed by atoms with Crippen LogP contribution in [0.2, 0.25) is 0 Å². The van der Waals surface area contributed by atoms with Gasteiger partial charge in [-0.15, -0.1) is 0 Å². The van der Waals surface area contributed by atoms with E-state index in [-0.39, 0.29) is 12.6 Å². The van der Waals surface area contributed by atoms with Crippen molar-refractivity contribution in [3.8, 4) is 5.69 Å². The van der Waals surface area contributed by atoms with E-state index >= 15 is 0 Å². The van der Waals surface area contributed by atoms with Gasteiger partial charge in [0.15, 0.2) is 0 Å². The first kappa shape index (κ1) is 18.2. The first-order valence-electron chi connectivity index (χ1n) is 8.35. The summed E-state index contributed by atoms with van der Waals surface area (Å²) in [6, 6.07) is 5.69. The highest BCUT2D eigenvalue weighted by Gasteiger charge is 2.17. The minimum atomic E-state index is -0.314. The molecule has 0 unspecified atom stereocenters. The number of esters is 1. The second-order valence-electron chi connectivity index (χ2n) is 6.26. The molecule has 0 aliphatic heterocycles. The number of ether oxygens (including phenoxy) is 2. The molecule has 5 heteroatoms. The van der Waals surface area contributed by atoms with E-state index in [1.807, 2.05) is 36.6 Å². The summed E-state index contributed by atoms with van der Waals surface area (Å²) in [6.45, 7) is 9.59. The van der Waals surface area contributed by atoms with Crippen molar-refractivity contribution in [1.29, 1.82) is 0 Å². The van der Waals surface area contributed by atoms with E-state index in [1.54, 1.807) is 12.4 Å². The fourth-order valence-electron chi connectivity index (χ4n) is 2.54. The van der Waals surface area contributed by atoms with Crippen LogP contribution >= 0.6 is 0 Å². The van der Waals surface area contributed by atoms with Crippen molar-refractivity contribution in [1.82, 2.24) is 9.55 Å². The number of hydrogen-bond donors (Lipinski definition) is 0. The van der Waals surface area contributed by atoms with E-state index in [2.05, 4.69) is 18.8 Å². The van der Waals surface area contributed by atoms with Crippen molar-refractivity contribution in [2.75, 3.05) is 19.8 Å². The molecule has 0 saturated heterocycles. The molecule has 0 fully saturated rings. The number of rotatable bonds is 8. The van der Waals surface area contributed by atoms with Gasteiger partial charge in [-0.1, -0.05) is 13.8 Å². The molecule has 2 rings (SSSR count). The fourth-order valence-corrected chi connectivity index (χ4v) is 2.54. The van der Waals surface area contributed by atoms with Gasteiger partial charge in [0.05, 0.1) is 24.1 Å². The Bertz CT molecular complexity index is 663. The Balaban J connectivity index is 1.94. The Morgan fingerprint density at radius 3 is 2.71 bits per heavy atom. The Morgan fingerprint density at radius 1 is 1.25 bits per heavy atom. The highest BCUT2D eigenvalue weighted by atomic mass is 16.6. The Labute approximate surface area is 143 Å². The zero-order chi connectivity index (χ0) is 17.5. The van der Waals surface area contributed by atoms with E-state index in [0.29, 0.717) is 24.7 Å². The average molecular weight is 330 g/mol. The summed E-state index contributed by atoms with van der Waals surface area (Å²) in [7, 11) is 0. The maximum absolute atomic E-state index is 12.3. The molecule has 2 aromatic rings. The highest BCUT2D eigenvalue weighted by Crippen LogP contribution is 2.20. The second-order valence-corrected chi connectivity index (χ2v) is 6.26. The van der Waals surface area contributed by atoms with Crippen molar-refractivity contribution >= 4 is 5.97 Å². The predicted molar refractivity (Wildman–Crippen MR) is 93.6 cm³/mol. The summed E-state index contributed by atoms with van der Waals surface area (Å²) in [5.41, 5.74) is 3.34. The Hall–Kier alpha value is -2.14. The van der Waals surface area contributed by atoms with E-state index in [4.69, 9.17) is 9.47 Å². The lowest BCUT2D eigenvalue weighted by molar-refractivity contribution is 0.0302. The lowest BCUT2D eigenvalue weighted by Gasteiger charge is -2.09. The van der Waals surface area contributed by atoms with Crippen LogP contribution in [0.1, 0.15) is 42.0 Å². The van der Waals surface area contributed by atoms with Crippen LogP contribution in [0, 0.1) is 19.8 Å². The molecule has 0 saturated carbocycles. The summed E-state index contributed by atoms with van der Waals surface area (Å²) in [5, 5.41) is 0. The van der Waals surface area contributed by atoms with E-state index in [0.717, 1.165) is 23.5 Å². The van der Waals surface area contributed by atoms with Crippen molar-refractivity contribution in [2.24, 2.45) is 5.92 Å². The minimum Gasteiger partial charge on any atom is -0.460 e. The van der Waals surface area contributed by atoms with Crippen molar-refractivity contribution in [2.45, 2.75) is 34.1 Å². The monoisotopic (exact) mass is 330 g/mol. The molecule has 0 aliphatic rings. The fraction of sp³-hybridized carbons (Fsp3) is 0.474. The maximum atomic E-state index is 12.3. The predicted octanol–water partition coefficient (Wildman–Crippen LogP) is 3.71. The number of pyridine rings is 1. The van der Waals surface area contributed by atoms with Crippen LogP contribution < -0.4 is 0 Å². The number of aromatic nitrogens is 2. The molecule has 0 aliphatic carbocycles. The molecule has 0 N–H and O–H groups in total. The zero-order valence-corrected chi connectivity index (χ0v) is 14.9. The second kappa shape index (κ2) is 8.64. The largest absolute Gasteiger partial charge is 0.460 e. The third kappa shape index (κ3) is 4.68. The van der Waals surface area contributed by atoms with E-state index < -0.39 is 0 Å². The number of hydrogen-bond acceptors (Lipinski definition) is 4. The van der Waals surface area contributed by atoms with Crippen LogP contribution in [0.5, 0.6) is 0 Å². The van der Waals surface area contributed by atoms with E-state index in [9.17, 15) is 4.79 Å². The normalized spacial score (nSPS) is 11.0. The van der Waals surface area contributed by atoms with Gasteiger partial charge in [0.1, 0.15) is 6.61 Å². The molecule has 2 aromatic heterocycles. The molecule has 0 radical (unpaired) electrons. The van der Waals surface area contributed by atoms with Crippen LogP contribution in [0.15, 0.2) is 30.6 Å². The summed E-state index contributed by atoms with van der Waals surface area (Å²) < 4.78 is 12.8. The third-order valence-corrected chi connectivity index (χ3v) is 3.86. The summed E-state index contributed by atoms with van der Waals surface area (Å²) in [4.78, 5) is 16.4. The van der Waals surface area contributed by atoms with Gasteiger partial charge in [-0.25, -0.2) is 4.79 Å². The van der Waals surface area contributed by atoms with Gasteiger partial charge >= 0.3 is 5.97 Å². The van der Waals surface area contributed by atoms with Crippen LogP contribution in [0.4, 0.5) is 0 Å². The lowest BCUT2D eigenvalue weighted by atomic mass is 10.1. The highest BCUT2D eigenvalue weighted by molar-refractivity contribution is 5.91. The molecule has 0 spiro atoms. The van der Waals surface area contributed by atoms with E-state index in [1.165, 1.54) is 0 Å². The van der Waals surface area contributed by atoms with Crippen molar-refractivity contribution < 1.29 is 14.3 Å². The van der Waals surface area contributed by atoms with Gasteiger partial charge in [-0.2, -0.15) is 0 Å². The first-order chi connectivity index (χ1) is 11.5. The minimum absolute atomic E-state index is 0.271. The number of aryl methyl sites for hydroxylation is 1. The van der Waals surface area contributed by atoms with Gasteiger partial charge in [0.25, 0.3) is 0 Å². The number of nitrogens with zero attached hydrogens (tertiary/aromatic N) is 2. The van der Waals surface area contributed by atoms with Crippen molar-refractivity contribution in [3.63, 3.8) is 0 Å². The van der Waals surface area contributed by atoms with Crippen LogP contribution in [0.3, 0.4) is 0 Å². The molecule has 2 heterocycles. The molecule has 24 heavy (non-hydrogen) atoms. The first-order valence-corrected chi connectivity index (χ1v) is 8.35.